The van der Waals surface area contributed by atoms with Crippen LogP contribution in [0.2, 0.25) is 0 Å². The molecule has 1 saturated heterocycles. The van der Waals surface area contributed by atoms with Crippen LogP contribution in [0, 0.1) is 0 Å². The molecule has 3 rings (SSSR count). The van der Waals surface area contributed by atoms with E-state index in [1.807, 2.05) is 55.5 Å². The zero-order valence-corrected chi connectivity index (χ0v) is 22.4. The Morgan fingerprint density at radius 2 is 1.24 bits per heavy atom. The molecule has 1 aliphatic heterocycles. The van der Waals surface area contributed by atoms with Gasteiger partial charge in [0.2, 0.25) is 0 Å². The van der Waals surface area contributed by atoms with E-state index in [1.54, 1.807) is 0 Å². The molecule has 2 aromatic carbocycles. The second-order valence-corrected chi connectivity index (χ2v) is 9.30. The number of carbonyl (C=O) groups is 1. The SMILES string of the molecule is C[C@@H]1CN(Cc2ccccc2)[C@@H](COCCOCCOCCOCCOCc2ccccc2)CN1C(=O)O. The van der Waals surface area contributed by atoms with Gasteiger partial charge < -0.3 is 33.7 Å². The number of hydrogen-bond donors (Lipinski definition) is 1. The molecule has 2 atom stereocenters. The largest absolute Gasteiger partial charge is 0.465 e. The Kier molecular flexibility index (Phi) is 14.1. The quantitative estimate of drug-likeness (QED) is 0.293. The molecule has 0 aliphatic carbocycles. The second-order valence-electron chi connectivity index (χ2n) is 9.30. The number of carboxylic acid groups (broad SMARTS) is 1. The lowest BCUT2D eigenvalue weighted by atomic mass is 10.1. The topological polar surface area (TPSA) is 89.9 Å². The normalized spacial score (nSPS) is 18.1. The lowest BCUT2D eigenvalue weighted by Gasteiger charge is -2.44. The number of benzene rings is 2. The number of ether oxygens (including phenoxy) is 5. The smallest absolute Gasteiger partial charge is 0.407 e. The molecule has 0 aromatic heterocycles. The molecule has 1 fully saturated rings. The maximum absolute atomic E-state index is 11.6. The van der Waals surface area contributed by atoms with Crippen molar-refractivity contribution in [1.82, 2.24) is 9.80 Å². The number of amides is 1. The lowest BCUT2D eigenvalue weighted by Crippen LogP contribution is -2.59. The maximum Gasteiger partial charge on any atom is 0.407 e. The Labute approximate surface area is 226 Å². The maximum atomic E-state index is 11.6. The Morgan fingerprint density at radius 1 is 0.737 bits per heavy atom. The highest BCUT2D eigenvalue weighted by Crippen LogP contribution is 2.19. The third-order valence-electron chi connectivity index (χ3n) is 6.34. The molecule has 38 heavy (non-hydrogen) atoms. The molecule has 2 aromatic rings. The summed E-state index contributed by atoms with van der Waals surface area (Å²) in [5, 5.41) is 9.56. The van der Waals surface area contributed by atoms with Crippen LogP contribution in [0.3, 0.4) is 0 Å². The molecular weight excluding hydrogens is 488 g/mol. The summed E-state index contributed by atoms with van der Waals surface area (Å²) < 4.78 is 28.1. The molecular formula is C29H42N2O7. The zero-order chi connectivity index (χ0) is 26.8. The molecule has 0 spiro atoms. The molecule has 0 saturated carbocycles. The van der Waals surface area contributed by atoms with Crippen LogP contribution in [0.4, 0.5) is 4.79 Å². The van der Waals surface area contributed by atoms with Gasteiger partial charge in [0.05, 0.1) is 72.1 Å². The van der Waals surface area contributed by atoms with Crippen molar-refractivity contribution in [2.75, 3.05) is 72.6 Å². The van der Waals surface area contributed by atoms with Gasteiger partial charge in [-0.2, -0.15) is 0 Å². The first-order valence-corrected chi connectivity index (χ1v) is 13.3. The first-order valence-electron chi connectivity index (χ1n) is 13.3. The van der Waals surface area contributed by atoms with Crippen molar-refractivity contribution >= 4 is 6.09 Å². The average Bonchev–Trinajstić information content (AvgIpc) is 2.92. The number of piperazine rings is 1. The summed E-state index contributed by atoms with van der Waals surface area (Å²) in [6.07, 6.45) is -0.882. The first-order chi connectivity index (χ1) is 18.6. The minimum absolute atomic E-state index is 0.00502. The van der Waals surface area contributed by atoms with E-state index in [2.05, 4.69) is 17.0 Å². The van der Waals surface area contributed by atoms with E-state index in [9.17, 15) is 9.90 Å². The number of hydrogen-bond acceptors (Lipinski definition) is 7. The molecule has 0 unspecified atom stereocenters. The summed E-state index contributed by atoms with van der Waals surface area (Å²) in [7, 11) is 0. The summed E-state index contributed by atoms with van der Waals surface area (Å²) in [5.41, 5.74) is 2.36. The zero-order valence-electron chi connectivity index (χ0n) is 22.4. The van der Waals surface area contributed by atoms with Crippen molar-refractivity contribution in [2.24, 2.45) is 0 Å². The average molecular weight is 531 g/mol. The second kappa shape index (κ2) is 17.9. The molecule has 1 N–H and O–H groups in total. The van der Waals surface area contributed by atoms with Crippen molar-refractivity contribution in [3.05, 3.63) is 71.8 Å². The van der Waals surface area contributed by atoms with Crippen LogP contribution in [-0.4, -0.2) is 106 Å². The summed E-state index contributed by atoms with van der Waals surface area (Å²) >= 11 is 0. The van der Waals surface area contributed by atoms with Crippen molar-refractivity contribution in [2.45, 2.75) is 32.2 Å². The van der Waals surface area contributed by atoms with Crippen LogP contribution in [0.5, 0.6) is 0 Å². The van der Waals surface area contributed by atoms with E-state index < -0.39 is 6.09 Å². The van der Waals surface area contributed by atoms with E-state index >= 15 is 0 Å². The van der Waals surface area contributed by atoms with Gasteiger partial charge in [0.1, 0.15) is 0 Å². The Morgan fingerprint density at radius 3 is 1.79 bits per heavy atom. The minimum atomic E-state index is -0.882. The summed E-state index contributed by atoms with van der Waals surface area (Å²) in [5.74, 6) is 0. The van der Waals surface area contributed by atoms with Crippen LogP contribution >= 0.6 is 0 Å². The predicted molar refractivity (Wildman–Crippen MR) is 144 cm³/mol. The number of nitrogens with zero attached hydrogens (tertiary/aromatic N) is 2. The van der Waals surface area contributed by atoms with Crippen LogP contribution in [0.15, 0.2) is 60.7 Å². The standard InChI is InChI=1S/C29H42N2O7/c1-25-20-30(21-26-8-4-2-5-9-26)28(22-31(25)29(32)33)24-38-19-17-36-15-13-34-12-14-35-16-18-37-23-27-10-6-3-7-11-27/h2-11,25,28H,12-24H2,1H3,(H,32,33)/t25-,28-/m1/s1. The third kappa shape index (κ3) is 11.5. The Balaban J connectivity index is 1.18. The predicted octanol–water partition coefficient (Wildman–Crippen LogP) is 3.52. The highest BCUT2D eigenvalue weighted by atomic mass is 16.6. The Hall–Kier alpha value is -2.53. The van der Waals surface area contributed by atoms with Gasteiger partial charge in [-0.15, -0.1) is 0 Å². The van der Waals surface area contributed by atoms with Gasteiger partial charge in [0, 0.05) is 25.7 Å². The van der Waals surface area contributed by atoms with E-state index in [0.717, 1.165) is 12.1 Å². The molecule has 9 heteroatoms. The van der Waals surface area contributed by atoms with E-state index in [1.165, 1.54) is 10.5 Å². The van der Waals surface area contributed by atoms with Crippen molar-refractivity contribution < 1.29 is 33.6 Å². The summed E-state index contributed by atoms with van der Waals surface area (Å²) in [6.45, 7) is 8.87. The fourth-order valence-corrected chi connectivity index (χ4v) is 4.31. The molecule has 1 amide bonds. The molecule has 0 radical (unpaired) electrons. The molecule has 1 heterocycles. The highest BCUT2D eigenvalue weighted by molar-refractivity contribution is 5.65. The summed E-state index contributed by atoms with van der Waals surface area (Å²) in [6, 6.07) is 20.2. The third-order valence-corrected chi connectivity index (χ3v) is 6.34. The van der Waals surface area contributed by atoms with Gasteiger partial charge in [-0.05, 0) is 18.1 Å². The van der Waals surface area contributed by atoms with E-state index in [4.69, 9.17) is 23.7 Å². The minimum Gasteiger partial charge on any atom is -0.465 e. The van der Waals surface area contributed by atoms with Crippen LogP contribution in [0.1, 0.15) is 18.1 Å². The fourth-order valence-electron chi connectivity index (χ4n) is 4.31. The van der Waals surface area contributed by atoms with Crippen molar-refractivity contribution in [3.63, 3.8) is 0 Å². The van der Waals surface area contributed by atoms with Gasteiger partial charge in [0.25, 0.3) is 0 Å². The van der Waals surface area contributed by atoms with Crippen LogP contribution in [-0.2, 0) is 36.8 Å². The fraction of sp³-hybridized carbons (Fsp3) is 0.552. The molecule has 210 valence electrons. The van der Waals surface area contributed by atoms with Gasteiger partial charge in [0.15, 0.2) is 0 Å². The molecule has 0 bridgehead atoms. The lowest BCUT2D eigenvalue weighted by molar-refractivity contribution is -0.0325. The van der Waals surface area contributed by atoms with Crippen molar-refractivity contribution in [1.29, 1.82) is 0 Å². The van der Waals surface area contributed by atoms with E-state index in [-0.39, 0.29) is 12.1 Å². The first kappa shape index (κ1) is 30.0. The van der Waals surface area contributed by atoms with Crippen LogP contribution in [0.25, 0.3) is 0 Å². The van der Waals surface area contributed by atoms with Gasteiger partial charge in [-0.1, -0.05) is 60.7 Å². The molecule has 1 aliphatic rings. The number of rotatable bonds is 18. The van der Waals surface area contributed by atoms with Gasteiger partial charge in [-0.25, -0.2) is 4.79 Å². The Bertz CT molecular complexity index is 887. The van der Waals surface area contributed by atoms with Crippen LogP contribution < -0.4 is 0 Å². The van der Waals surface area contributed by atoms with Gasteiger partial charge in [-0.3, -0.25) is 4.90 Å². The van der Waals surface area contributed by atoms with E-state index in [0.29, 0.717) is 79.2 Å². The van der Waals surface area contributed by atoms with Gasteiger partial charge >= 0.3 is 6.09 Å². The van der Waals surface area contributed by atoms with Crippen molar-refractivity contribution in [3.8, 4) is 0 Å². The molecule has 9 nitrogen and oxygen atoms in total. The highest BCUT2D eigenvalue weighted by Gasteiger charge is 2.34. The monoisotopic (exact) mass is 530 g/mol. The summed E-state index contributed by atoms with van der Waals surface area (Å²) in [4.78, 5) is 15.5.